The monoisotopic (exact) mass is 252 g/mol. The van der Waals surface area contributed by atoms with Gasteiger partial charge in [0, 0.05) is 7.05 Å². The third-order valence-electron chi connectivity index (χ3n) is 2.31. The van der Waals surface area contributed by atoms with Crippen molar-refractivity contribution in [2.75, 3.05) is 5.73 Å². The molecule has 17 heavy (non-hydrogen) atoms. The SMILES string of the molecule is Cn1c(=O)cnn(-c2ccc(Cl)c(N)c2)c1=O. The van der Waals surface area contributed by atoms with Gasteiger partial charge >= 0.3 is 5.69 Å². The summed E-state index contributed by atoms with van der Waals surface area (Å²) in [6.45, 7) is 0. The fourth-order valence-corrected chi connectivity index (χ4v) is 1.44. The number of aromatic nitrogens is 3. The normalized spacial score (nSPS) is 10.5. The van der Waals surface area contributed by atoms with Crippen LogP contribution in [-0.4, -0.2) is 14.3 Å². The molecule has 88 valence electrons. The first-order chi connectivity index (χ1) is 8.00. The lowest BCUT2D eigenvalue weighted by Gasteiger charge is -2.06. The van der Waals surface area contributed by atoms with Gasteiger partial charge in [-0.3, -0.25) is 9.36 Å². The molecular weight excluding hydrogens is 244 g/mol. The van der Waals surface area contributed by atoms with E-state index in [1.165, 1.54) is 13.1 Å². The molecule has 2 rings (SSSR count). The number of hydrogen-bond acceptors (Lipinski definition) is 4. The summed E-state index contributed by atoms with van der Waals surface area (Å²) in [6, 6.07) is 4.67. The number of halogens is 1. The molecule has 0 atom stereocenters. The number of nitrogens with two attached hydrogens (primary N) is 1. The van der Waals surface area contributed by atoms with E-state index in [4.69, 9.17) is 17.3 Å². The molecule has 0 unspecified atom stereocenters. The van der Waals surface area contributed by atoms with Crippen molar-refractivity contribution in [1.82, 2.24) is 14.3 Å². The minimum absolute atomic E-state index is 0.340. The molecule has 6 nitrogen and oxygen atoms in total. The van der Waals surface area contributed by atoms with Gasteiger partial charge < -0.3 is 5.73 Å². The van der Waals surface area contributed by atoms with Crippen molar-refractivity contribution < 1.29 is 0 Å². The van der Waals surface area contributed by atoms with Gasteiger partial charge in [-0.25, -0.2) is 4.79 Å². The predicted molar refractivity (Wildman–Crippen MR) is 64.5 cm³/mol. The number of benzene rings is 1. The molecule has 1 aromatic heterocycles. The quantitative estimate of drug-likeness (QED) is 0.734. The van der Waals surface area contributed by atoms with Crippen LogP contribution in [0.1, 0.15) is 0 Å². The van der Waals surface area contributed by atoms with E-state index in [0.29, 0.717) is 16.4 Å². The average Bonchev–Trinajstić information content (AvgIpc) is 2.30. The molecule has 0 spiro atoms. The summed E-state index contributed by atoms with van der Waals surface area (Å²) in [4.78, 5) is 23.0. The second-order valence-electron chi connectivity index (χ2n) is 3.44. The molecule has 2 N–H and O–H groups in total. The molecule has 2 aromatic rings. The van der Waals surface area contributed by atoms with Crippen LogP contribution in [0, 0.1) is 0 Å². The predicted octanol–water partition coefficient (Wildman–Crippen LogP) is 0.167. The fourth-order valence-electron chi connectivity index (χ4n) is 1.32. The Kier molecular flexibility index (Phi) is 2.72. The topological polar surface area (TPSA) is 82.9 Å². The summed E-state index contributed by atoms with van der Waals surface area (Å²) < 4.78 is 2.03. The molecule has 0 saturated heterocycles. The van der Waals surface area contributed by atoms with Gasteiger partial charge in [0.2, 0.25) is 0 Å². The highest BCUT2D eigenvalue weighted by Crippen LogP contribution is 2.20. The Bertz CT molecular complexity index is 689. The van der Waals surface area contributed by atoms with Crippen LogP contribution in [0.15, 0.2) is 34.0 Å². The van der Waals surface area contributed by atoms with Crippen LogP contribution in [0.25, 0.3) is 5.69 Å². The fraction of sp³-hybridized carbons (Fsp3) is 0.100. The standard InChI is InChI=1S/C10H9ClN4O2/c1-14-9(16)5-13-15(10(14)17)6-2-3-7(11)8(12)4-6/h2-5H,12H2,1H3. The molecule has 0 saturated carbocycles. The lowest BCUT2D eigenvalue weighted by molar-refractivity contribution is 0.655. The van der Waals surface area contributed by atoms with Crippen LogP contribution in [0.5, 0.6) is 0 Å². The van der Waals surface area contributed by atoms with Crippen molar-refractivity contribution >= 4 is 17.3 Å². The lowest BCUT2D eigenvalue weighted by atomic mass is 10.3. The van der Waals surface area contributed by atoms with E-state index >= 15 is 0 Å². The van der Waals surface area contributed by atoms with Crippen molar-refractivity contribution in [3.05, 3.63) is 50.3 Å². The van der Waals surface area contributed by atoms with E-state index in [9.17, 15) is 9.59 Å². The Morgan fingerprint density at radius 3 is 2.71 bits per heavy atom. The van der Waals surface area contributed by atoms with Gasteiger partial charge in [0.05, 0.1) is 16.4 Å². The number of anilines is 1. The molecule has 0 radical (unpaired) electrons. The first kappa shape index (κ1) is 11.4. The van der Waals surface area contributed by atoms with E-state index in [1.807, 2.05) is 0 Å². The van der Waals surface area contributed by atoms with Gasteiger partial charge in [-0.1, -0.05) is 11.6 Å². The van der Waals surface area contributed by atoms with Gasteiger partial charge in [0.15, 0.2) is 0 Å². The van der Waals surface area contributed by atoms with E-state index in [0.717, 1.165) is 15.4 Å². The number of rotatable bonds is 1. The van der Waals surface area contributed by atoms with Crippen molar-refractivity contribution in [3.63, 3.8) is 0 Å². The first-order valence-electron chi connectivity index (χ1n) is 4.71. The van der Waals surface area contributed by atoms with E-state index in [-0.39, 0.29) is 0 Å². The van der Waals surface area contributed by atoms with E-state index < -0.39 is 11.2 Å². The van der Waals surface area contributed by atoms with Gasteiger partial charge in [-0.15, -0.1) is 0 Å². The highest BCUT2D eigenvalue weighted by Gasteiger charge is 2.06. The second-order valence-corrected chi connectivity index (χ2v) is 3.85. The maximum atomic E-state index is 11.8. The summed E-state index contributed by atoms with van der Waals surface area (Å²) in [5.41, 5.74) is 5.42. The maximum Gasteiger partial charge on any atom is 0.351 e. The van der Waals surface area contributed by atoms with E-state index in [2.05, 4.69) is 5.10 Å². The number of nitrogen functional groups attached to an aromatic ring is 1. The number of hydrogen-bond donors (Lipinski definition) is 1. The van der Waals surface area contributed by atoms with Crippen molar-refractivity contribution in [1.29, 1.82) is 0 Å². The minimum atomic E-state index is -0.542. The molecule has 0 aliphatic carbocycles. The maximum absolute atomic E-state index is 11.8. The van der Waals surface area contributed by atoms with Gasteiger partial charge in [-0.2, -0.15) is 9.78 Å². The smallest absolute Gasteiger partial charge is 0.351 e. The third kappa shape index (κ3) is 1.94. The Morgan fingerprint density at radius 2 is 2.06 bits per heavy atom. The summed E-state index contributed by atoms with van der Waals surface area (Å²) >= 11 is 5.78. The van der Waals surface area contributed by atoms with Gasteiger partial charge in [0.1, 0.15) is 6.20 Å². The molecule has 0 bridgehead atoms. The first-order valence-corrected chi connectivity index (χ1v) is 5.09. The van der Waals surface area contributed by atoms with Crippen LogP contribution >= 0.6 is 11.6 Å². The summed E-state index contributed by atoms with van der Waals surface area (Å²) in [6.07, 6.45) is 1.06. The largest absolute Gasteiger partial charge is 0.397 e. The van der Waals surface area contributed by atoms with Crippen molar-refractivity contribution in [2.45, 2.75) is 0 Å². The zero-order valence-corrected chi connectivity index (χ0v) is 9.68. The second kappa shape index (κ2) is 4.06. The lowest BCUT2D eigenvalue weighted by Crippen LogP contribution is -2.38. The van der Waals surface area contributed by atoms with Crippen molar-refractivity contribution in [2.24, 2.45) is 7.05 Å². The third-order valence-corrected chi connectivity index (χ3v) is 2.65. The molecule has 1 aromatic carbocycles. The Morgan fingerprint density at radius 1 is 1.35 bits per heavy atom. The molecule has 7 heteroatoms. The van der Waals surface area contributed by atoms with E-state index in [1.54, 1.807) is 12.1 Å². The van der Waals surface area contributed by atoms with Gasteiger partial charge in [0.25, 0.3) is 5.56 Å². The molecule has 0 aliphatic rings. The molecule has 0 amide bonds. The van der Waals surface area contributed by atoms with Crippen LogP contribution < -0.4 is 17.0 Å². The molecular formula is C10H9ClN4O2. The summed E-state index contributed by atoms with van der Waals surface area (Å²) in [5, 5.41) is 4.15. The summed E-state index contributed by atoms with van der Waals surface area (Å²) in [7, 11) is 1.38. The molecule has 0 aliphatic heterocycles. The highest BCUT2D eigenvalue weighted by molar-refractivity contribution is 6.33. The van der Waals surface area contributed by atoms with Gasteiger partial charge in [-0.05, 0) is 18.2 Å². The number of nitrogens with zero attached hydrogens (tertiary/aromatic N) is 3. The Balaban J connectivity index is 2.69. The zero-order valence-electron chi connectivity index (χ0n) is 8.92. The molecule has 0 fully saturated rings. The zero-order chi connectivity index (χ0) is 12.6. The van der Waals surface area contributed by atoms with Crippen LogP contribution in [0.4, 0.5) is 5.69 Å². The Labute approximate surface area is 101 Å². The van der Waals surface area contributed by atoms with Crippen LogP contribution in [0.2, 0.25) is 5.02 Å². The van der Waals surface area contributed by atoms with Crippen molar-refractivity contribution in [3.8, 4) is 5.69 Å². The minimum Gasteiger partial charge on any atom is -0.397 e. The average molecular weight is 253 g/mol. The summed E-state index contributed by atoms with van der Waals surface area (Å²) in [5.74, 6) is 0. The molecule has 1 heterocycles. The highest BCUT2D eigenvalue weighted by atomic mass is 35.5. The Hall–Kier alpha value is -2.08. The van der Waals surface area contributed by atoms with Crippen LogP contribution in [0.3, 0.4) is 0 Å². The van der Waals surface area contributed by atoms with Crippen LogP contribution in [-0.2, 0) is 7.05 Å².